The summed E-state index contributed by atoms with van der Waals surface area (Å²) < 4.78 is 18.6. The molecule has 0 aliphatic heterocycles. The van der Waals surface area contributed by atoms with Crippen LogP contribution in [0.3, 0.4) is 0 Å². The van der Waals surface area contributed by atoms with Crippen LogP contribution in [0.5, 0.6) is 0 Å². The summed E-state index contributed by atoms with van der Waals surface area (Å²) in [6.07, 6.45) is 0. The minimum absolute atomic E-state index is 0.167. The minimum Gasteiger partial charge on any atom is -0.462 e. The standard InChI is InChI=1S/C25H21FN2O3S2/c1-3-31-25(30)23-19(16-8-10-17(26)11-9-16)13-33-24(23)28-21(29)14-32-22-12-15(2)18-6-4-5-7-20(18)27-22/h4-13H,3,14H2,1-2H3,(H,28,29)/p+1. The summed E-state index contributed by atoms with van der Waals surface area (Å²) in [7, 11) is 0. The molecule has 2 N–H and O–H groups in total. The number of H-pyrrole nitrogens is 1. The maximum atomic E-state index is 13.3. The number of nitrogens with one attached hydrogen (secondary N) is 2. The van der Waals surface area contributed by atoms with E-state index in [0.29, 0.717) is 16.1 Å². The van der Waals surface area contributed by atoms with Crippen molar-refractivity contribution in [2.75, 3.05) is 17.7 Å². The van der Waals surface area contributed by atoms with Crippen LogP contribution < -0.4 is 10.3 Å². The molecule has 0 fully saturated rings. The highest BCUT2D eigenvalue weighted by atomic mass is 32.2. The lowest BCUT2D eigenvalue weighted by Crippen LogP contribution is -2.17. The monoisotopic (exact) mass is 481 g/mol. The van der Waals surface area contributed by atoms with Gasteiger partial charge in [0.2, 0.25) is 16.4 Å². The number of benzene rings is 2. The number of hydrogen-bond acceptors (Lipinski definition) is 5. The number of esters is 1. The van der Waals surface area contributed by atoms with E-state index in [0.717, 1.165) is 21.5 Å². The summed E-state index contributed by atoms with van der Waals surface area (Å²) in [5.74, 6) is -0.963. The van der Waals surface area contributed by atoms with E-state index in [2.05, 4.69) is 16.4 Å². The van der Waals surface area contributed by atoms with E-state index >= 15 is 0 Å². The van der Waals surface area contributed by atoms with Crippen molar-refractivity contribution in [2.24, 2.45) is 0 Å². The topological polar surface area (TPSA) is 69.5 Å². The number of amides is 1. The first-order chi connectivity index (χ1) is 16.0. The minimum atomic E-state index is -0.528. The summed E-state index contributed by atoms with van der Waals surface area (Å²) in [5, 5.41) is 7.04. The van der Waals surface area contributed by atoms with Crippen molar-refractivity contribution < 1.29 is 23.7 Å². The summed E-state index contributed by atoms with van der Waals surface area (Å²) in [4.78, 5) is 28.7. The van der Waals surface area contributed by atoms with E-state index in [4.69, 9.17) is 4.74 Å². The Morgan fingerprint density at radius 3 is 2.67 bits per heavy atom. The summed E-state index contributed by atoms with van der Waals surface area (Å²) in [6, 6.07) is 15.9. The summed E-state index contributed by atoms with van der Waals surface area (Å²) in [6.45, 7) is 3.96. The number of carbonyl (C=O) groups is 2. The molecule has 2 heterocycles. The third kappa shape index (κ3) is 5.23. The van der Waals surface area contributed by atoms with E-state index in [1.807, 2.05) is 31.2 Å². The van der Waals surface area contributed by atoms with Crippen LogP contribution in [0, 0.1) is 12.7 Å². The highest BCUT2D eigenvalue weighted by molar-refractivity contribution is 7.99. The van der Waals surface area contributed by atoms with E-state index in [9.17, 15) is 14.0 Å². The van der Waals surface area contributed by atoms with Crippen molar-refractivity contribution >= 4 is 50.9 Å². The van der Waals surface area contributed by atoms with Gasteiger partial charge in [-0.2, -0.15) is 4.98 Å². The third-order valence-corrected chi connectivity index (χ3v) is 6.83. The van der Waals surface area contributed by atoms with E-state index < -0.39 is 5.97 Å². The van der Waals surface area contributed by atoms with Gasteiger partial charge in [-0.15, -0.1) is 11.3 Å². The predicted octanol–water partition coefficient (Wildman–Crippen LogP) is 5.74. The quantitative estimate of drug-likeness (QED) is 0.270. The van der Waals surface area contributed by atoms with Gasteiger partial charge in [-0.05, 0) is 54.9 Å². The maximum absolute atomic E-state index is 13.3. The second-order valence-corrected chi connectivity index (χ2v) is 9.18. The number of para-hydroxylation sites is 1. The zero-order valence-corrected chi connectivity index (χ0v) is 19.7. The number of rotatable bonds is 7. The average molecular weight is 482 g/mol. The number of halogens is 1. The van der Waals surface area contributed by atoms with E-state index in [1.54, 1.807) is 24.4 Å². The molecule has 5 nitrogen and oxygen atoms in total. The number of aromatic nitrogens is 1. The number of thioether (sulfide) groups is 1. The molecule has 2 aromatic carbocycles. The maximum Gasteiger partial charge on any atom is 0.341 e. The molecule has 2 aromatic heterocycles. The average Bonchev–Trinajstić information content (AvgIpc) is 3.22. The Balaban J connectivity index is 1.53. The van der Waals surface area contributed by atoms with Crippen LogP contribution in [0.25, 0.3) is 22.0 Å². The van der Waals surface area contributed by atoms with Gasteiger partial charge in [0.05, 0.1) is 12.4 Å². The number of aryl methyl sites for hydroxylation is 1. The Kier molecular flexibility index (Phi) is 7.05. The molecule has 0 atom stereocenters. The van der Waals surface area contributed by atoms with Crippen molar-refractivity contribution in [3.63, 3.8) is 0 Å². The molecule has 33 heavy (non-hydrogen) atoms. The predicted molar refractivity (Wildman–Crippen MR) is 130 cm³/mol. The van der Waals surface area contributed by atoms with Crippen molar-refractivity contribution in [1.29, 1.82) is 0 Å². The van der Waals surface area contributed by atoms with Crippen LogP contribution in [-0.4, -0.2) is 24.2 Å². The normalized spacial score (nSPS) is 10.9. The molecule has 0 aliphatic rings. The highest BCUT2D eigenvalue weighted by Gasteiger charge is 2.23. The van der Waals surface area contributed by atoms with Gasteiger partial charge in [-0.3, -0.25) is 4.79 Å². The molecule has 0 bridgehead atoms. The molecule has 4 aromatic rings. The molecule has 0 saturated carbocycles. The van der Waals surface area contributed by atoms with Crippen LogP contribution in [0.15, 0.2) is 65.0 Å². The molecular formula is C25H22FN2O3S2+. The number of thiophene rings is 1. The molecule has 168 valence electrons. The van der Waals surface area contributed by atoms with Crippen LogP contribution in [0.1, 0.15) is 22.8 Å². The second-order valence-electron chi connectivity index (χ2n) is 7.28. The fraction of sp³-hybridized carbons (Fsp3) is 0.160. The van der Waals surface area contributed by atoms with E-state index in [-0.39, 0.29) is 29.6 Å². The summed E-state index contributed by atoms with van der Waals surface area (Å²) >= 11 is 2.63. The lowest BCUT2D eigenvalue weighted by atomic mass is 10.0. The van der Waals surface area contributed by atoms with Crippen LogP contribution in [0.4, 0.5) is 9.39 Å². The van der Waals surface area contributed by atoms with Gasteiger partial charge in [-0.1, -0.05) is 24.3 Å². The van der Waals surface area contributed by atoms with Crippen LogP contribution in [-0.2, 0) is 9.53 Å². The van der Waals surface area contributed by atoms with Crippen LogP contribution in [0.2, 0.25) is 0 Å². The largest absolute Gasteiger partial charge is 0.462 e. The first-order valence-electron chi connectivity index (χ1n) is 10.3. The van der Waals surface area contributed by atoms with Gasteiger partial charge in [-0.25, -0.2) is 9.18 Å². The van der Waals surface area contributed by atoms with Gasteiger partial charge in [0.1, 0.15) is 16.4 Å². The van der Waals surface area contributed by atoms with Gasteiger partial charge in [0, 0.05) is 28.5 Å². The molecule has 4 rings (SSSR count). The molecule has 0 saturated heterocycles. The number of pyridine rings is 1. The zero-order chi connectivity index (χ0) is 23.4. The number of aromatic amines is 1. The molecular weight excluding hydrogens is 459 g/mol. The third-order valence-electron chi connectivity index (χ3n) is 4.99. The Labute approximate surface area is 199 Å². The number of hydrogen-bond donors (Lipinski definition) is 1. The molecule has 0 spiro atoms. The van der Waals surface area contributed by atoms with E-state index in [1.165, 1.54) is 35.2 Å². The Hall–Kier alpha value is -3.23. The van der Waals surface area contributed by atoms with Crippen molar-refractivity contribution in [3.05, 3.63) is 76.9 Å². The molecule has 8 heteroatoms. The first-order valence-corrected chi connectivity index (χ1v) is 12.2. The van der Waals surface area contributed by atoms with Crippen molar-refractivity contribution in [3.8, 4) is 11.1 Å². The van der Waals surface area contributed by atoms with Gasteiger partial charge in [0.15, 0.2) is 0 Å². The number of ether oxygens (including phenoxy) is 1. The van der Waals surface area contributed by atoms with Crippen LogP contribution >= 0.6 is 23.1 Å². The van der Waals surface area contributed by atoms with Crippen molar-refractivity contribution in [1.82, 2.24) is 0 Å². The highest BCUT2D eigenvalue weighted by Crippen LogP contribution is 2.36. The zero-order valence-electron chi connectivity index (χ0n) is 18.1. The summed E-state index contributed by atoms with van der Waals surface area (Å²) in [5.41, 5.74) is 3.68. The number of fused-ring (bicyclic) bond motifs is 1. The smallest absolute Gasteiger partial charge is 0.341 e. The van der Waals surface area contributed by atoms with Crippen molar-refractivity contribution in [2.45, 2.75) is 18.9 Å². The molecule has 0 unspecified atom stereocenters. The first kappa shape index (κ1) is 22.9. The SMILES string of the molecule is CCOC(=O)c1c(-c2ccc(F)cc2)csc1NC(=O)CSc1cc(C)c2ccccc2[nH+]1. The molecule has 0 radical (unpaired) electrons. The lowest BCUT2D eigenvalue weighted by Gasteiger charge is -2.08. The Morgan fingerprint density at radius 1 is 1.15 bits per heavy atom. The molecule has 1 amide bonds. The second kappa shape index (κ2) is 10.1. The Morgan fingerprint density at radius 2 is 1.91 bits per heavy atom. The van der Waals surface area contributed by atoms with Gasteiger partial charge < -0.3 is 10.1 Å². The number of anilines is 1. The Bertz CT molecular complexity index is 1320. The molecule has 0 aliphatic carbocycles. The lowest BCUT2D eigenvalue weighted by molar-refractivity contribution is -0.395. The number of carbonyl (C=O) groups excluding carboxylic acids is 2. The fourth-order valence-electron chi connectivity index (χ4n) is 3.46. The fourth-order valence-corrected chi connectivity index (χ4v) is 5.24. The van der Waals surface area contributed by atoms with Gasteiger partial charge in [0.25, 0.3) is 0 Å². The van der Waals surface area contributed by atoms with Gasteiger partial charge >= 0.3 is 5.97 Å².